The van der Waals surface area contributed by atoms with E-state index in [0.717, 1.165) is 29.7 Å². The third-order valence-corrected chi connectivity index (χ3v) is 5.54. The first-order valence-electron chi connectivity index (χ1n) is 10.3. The van der Waals surface area contributed by atoms with Crippen LogP contribution in [-0.2, 0) is 0 Å². The lowest BCUT2D eigenvalue weighted by molar-refractivity contribution is 0.0595. The van der Waals surface area contributed by atoms with E-state index in [0.29, 0.717) is 24.4 Å². The number of hydrogen-bond donors (Lipinski definition) is 0. The fraction of sp³-hybridized carbons (Fsp3) is 0.208. The molecular formula is C24H21FN4O2. The Kier molecular flexibility index (Phi) is 5.08. The molecule has 156 valence electrons. The van der Waals surface area contributed by atoms with Gasteiger partial charge in [-0.05, 0) is 48.5 Å². The minimum atomic E-state index is -0.284. The minimum absolute atomic E-state index is 0.0181. The first-order valence-corrected chi connectivity index (χ1v) is 10.3. The molecule has 3 heterocycles. The number of imidazole rings is 1. The van der Waals surface area contributed by atoms with Gasteiger partial charge in [0.25, 0.3) is 5.91 Å². The maximum absolute atomic E-state index is 13.0. The summed E-state index contributed by atoms with van der Waals surface area (Å²) in [5.41, 5.74) is 2.43. The first kappa shape index (κ1) is 19.2. The van der Waals surface area contributed by atoms with E-state index in [4.69, 9.17) is 4.74 Å². The molecule has 0 radical (unpaired) electrons. The van der Waals surface area contributed by atoms with Gasteiger partial charge in [0, 0.05) is 32.1 Å². The molecule has 0 unspecified atom stereocenters. The lowest BCUT2D eigenvalue weighted by Gasteiger charge is -2.32. The lowest BCUT2D eigenvalue weighted by atomic mass is 10.1. The Morgan fingerprint density at radius 1 is 0.968 bits per heavy atom. The number of hydrogen-bond acceptors (Lipinski definition) is 4. The molecule has 1 amide bonds. The maximum Gasteiger partial charge on any atom is 0.255 e. The van der Waals surface area contributed by atoms with Crippen molar-refractivity contribution in [2.24, 2.45) is 0 Å². The molecule has 5 rings (SSSR count). The zero-order valence-corrected chi connectivity index (χ0v) is 16.8. The summed E-state index contributed by atoms with van der Waals surface area (Å²) in [6, 6.07) is 17.5. The molecule has 6 nitrogen and oxygen atoms in total. The van der Waals surface area contributed by atoms with Gasteiger partial charge in [-0.3, -0.25) is 9.36 Å². The van der Waals surface area contributed by atoms with Crippen molar-refractivity contribution in [2.75, 3.05) is 13.1 Å². The lowest BCUT2D eigenvalue weighted by Crippen LogP contribution is -2.41. The van der Waals surface area contributed by atoms with Gasteiger partial charge in [-0.25, -0.2) is 14.4 Å². The molecule has 7 heteroatoms. The summed E-state index contributed by atoms with van der Waals surface area (Å²) in [7, 11) is 0. The van der Waals surface area contributed by atoms with Gasteiger partial charge < -0.3 is 9.64 Å². The zero-order chi connectivity index (χ0) is 21.2. The van der Waals surface area contributed by atoms with Gasteiger partial charge in [0.1, 0.15) is 29.8 Å². The maximum atomic E-state index is 13.0. The number of carbonyl (C=O) groups excluding carboxylic acids is 1. The van der Waals surface area contributed by atoms with Crippen LogP contribution in [0, 0.1) is 5.82 Å². The summed E-state index contributed by atoms with van der Waals surface area (Å²) in [6.45, 7) is 1.22. The average Bonchev–Trinajstić information content (AvgIpc) is 3.25. The number of pyridine rings is 1. The summed E-state index contributed by atoms with van der Waals surface area (Å²) in [5, 5.41) is 0. The van der Waals surface area contributed by atoms with Crippen LogP contribution >= 0.6 is 0 Å². The van der Waals surface area contributed by atoms with Gasteiger partial charge in [0.2, 0.25) is 0 Å². The highest BCUT2D eigenvalue weighted by Crippen LogP contribution is 2.21. The number of ether oxygens (including phenoxy) is 1. The molecule has 1 aliphatic rings. The summed E-state index contributed by atoms with van der Waals surface area (Å²) < 4.78 is 20.8. The molecule has 4 aromatic rings. The Morgan fingerprint density at radius 3 is 2.48 bits per heavy atom. The van der Waals surface area contributed by atoms with E-state index in [1.807, 2.05) is 39.8 Å². The second-order valence-electron chi connectivity index (χ2n) is 7.57. The fourth-order valence-corrected chi connectivity index (χ4v) is 3.86. The second kappa shape index (κ2) is 8.18. The van der Waals surface area contributed by atoms with Crippen LogP contribution < -0.4 is 4.74 Å². The Hall–Kier alpha value is -3.74. The minimum Gasteiger partial charge on any atom is -0.490 e. The van der Waals surface area contributed by atoms with Crippen molar-refractivity contribution < 1.29 is 13.9 Å². The van der Waals surface area contributed by atoms with Gasteiger partial charge in [-0.2, -0.15) is 0 Å². The van der Waals surface area contributed by atoms with Crippen molar-refractivity contribution in [3.8, 4) is 11.6 Å². The van der Waals surface area contributed by atoms with Crippen LogP contribution in [0.5, 0.6) is 5.75 Å². The van der Waals surface area contributed by atoms with Crippen molar-refractivity contribution in [1.82, 2.24) is 19.4 Å². The van der Waals surface area contributed by atoms with E-state index < -0.39 is 0 Å². The van der Waals surface area contributed by atoms with Crippen molar-refractivity contribution >= 4 is 16.9 Å². The molecule has 0 spiro atoms. The number of para-hydroxylation sites is 2. The monoisotopic (exact) mass is 416 g/mol. The molecule has 1 aliphatic heterocycles. The van der Waals surface area contributed by atoms with Crippen LogP contribution in [-0.4, -0.2) is 44.5 Å². The molecule has 31 heavy (non-hydrogen) atoms. The van der Waals surface area contributed by atoms with Gasteiger partial charge >= 0.3 is 0 Å². The molecule has 0 bridgehead atoms. The van der Waals surface area contributed by atoms with Gasteiger partial charge in [-0.1, -0.05) is 12.1 Å². The quantitative estimate of drug-likeness (QED) is 0.499. The highest BCUT2D eigenvalue weighted by molar-refractivity contribution is 5.94. The molecule has 1 fully saturated rings. The Labute approximate surface area is 178 Å². The molecular weight excluding hydrogens is 395 g/mol. The van der Waals surface area contributed by atoms with E-state index >= 15 is 0 Å². The number of nitrogens with zero attached hydrogens (tertiary/aromatic N) is 4. The number of halogens is 1. The number of rotatable bonds is 4. The second-order valence-corrected chi connectivity index (χ2v) is 7.57. The number of carbonyl (C=O) groups is 1. The number of fused-ring (bicyclic) bond motifs is 1. The first-order chi connectivity index (χ1) is 15.2. The van der Waals surface area contributed by atoms with Gasteiger partial charge in [0.15, 0.2) is 0 Å². The fourth-order valence-electron chi connectivity index (χ4n) is 3.86. The van der Waals surface area contributed by atoms with Crippen LogP contribution in [0.25, 0.3) is 16.9 Å². The number of benzene rings is 2. The Bertz CT molecular complexity index is 1200. The van der Waals surface area contributed by atoms with Gasteiger partial charge in [0.05, 0.1) is 16.6 Å². The smallest absolute Gasteiger partial charge is 0.255 e. The zero-order valence-electron chi connectivity index (χ0n) is 16.8. The molecule has 1 saturated heterocycles. The predicted octanol–water partition coefficient (Wildman–Crippen LogP) is 4.24. The Balaban J connectivity index is 1.22. The largest absolute Gasteiger partial charge is 0.490 e. The summed E-state index contributed by atoms with van der Waals surface area (Å²) in [6.07, 6.45) is 4.84. The van der Waals surface area contributed by atoms with Crippen molar-refractivity contribution in [3.63, 3.8) is 0 Å². The van der Waals surface area contributed by atoms with Crippen LogP contribution in [0.3, 0.4) is 0 Å². The predicted molar refractivity (Wildman–Crippen MR) is 115 cm³/mol. The van der Waals surface area contributed by atoms with Gasteiger partial charge in [-0.15, -0.1) is 0 Å². The van der Waals surface area contributed by atoms with Crippen LogP contribution in [0.2, 0.25) is 0 Å². The topological polar surface area (TPSA) is 60.2 Å². The highest BCUT2D eigenvalue weighted by Gasteiger charge is 2.25. The van der Waals surface area contributed by atoms with E-state index in [1.165, 1.54) is 12.1 Å². The molecule has 0 aliphatic carbocycles. The SMILES string of the molecule is O=C(c1ccc(-n2cnc3ccccc32)nc1)N1CCC(Oc2ccc(F)cc2)CC1. The number of piperidine rings is 1. The number of amides is 1. The summed E-state index contributed by atoms with van der Waals surface area (Å²) in [5.74, 6) is 1.05. The van der Waals surface area contributed by atoms with E-state index in [-0.39, 0.29) is 17.8 Å². The summed E-state index contributed by atoms with van der Waals surface area (Å²) in [4.78, 5) is 23.6. The molecule has 2 aromatic heterocycles. The number of aromatic nitrogens is 3. The summed E-state index contributed by atoms with van der Waals surface area (Å²) >= 11 is 0. The van der Waals surface area contributed by atoms with E-state index in [1.54, 1.807) is 30.7 Å². The standard InChI is InChI=1S/C24H21FN4O2/c25-18-6-8-19(9-7-18)31-20-11-13-28(14-12-20)24(30)17-5-10-23(26-15-17)29-16-27-21-3-1-2-4-22(21)29/h1-10,15-16,20H,11-14H2. The number of likely N-dealkylation sites (tertiary alicyclic amines) is 1. The molecule has 0 N–H and O–H groups in total. The molecule has 2 aromatic carbocycles. The normalized spacial score (nSPS) is 14.7. The highest BCUT2D eigenvalue weighted by atomic mass is 19.1. The molecule has 0 saturated carbocycles. The van der Waals surface area contributed by atoms with Crippen molar-refractivity contribution in [1.29, 1.82) is 0 Å². The van der Waals surface area contributed by atoms with Crippen LogP contribution in [0.4, 0.5) is 4.39 Å². The Morgan fingerprint density at radius 2 is 1.74 bits per heavy atom. The third kappa shape index (κ3) is 3.99. The van der Waals surface area contributed by atoms with Crippen molar-refractivity contribution in [2.45, 2.75) is 18.9 Å². The van der Waals surface area contributed by atoms with Crippen molar-refractivity contribution in [3.05, 3.63) is 84.6 Å². The third-order valence-electron chi connectivity index (χ3n) is 5.54. The van der Waals surface area contributed by atoms with Crippen LogP contribution in [0.1, 0.15) is 23.2 Å². The van der Waals surface area contributed by atoms with E-state index in [2.05, 4.69) is 9.97 Å². The molecule has 0 atom stereocenters. The van der Waals surface area contributed by atoms with Crippen LogP contribution in [0.15, 0.2) is 73.2 Å². The van der Waals surface area contributed by atoms with E-state index in [9.17, 15) is 9.18 Å². The average molecular weight is 416 g/mol.